The van der Waals surface area contributed by atoms with Gasteiger partial charge in [0.2, 0.25) is 0 Å². The van der Waals surface area contributed by atoms with Crippen molar-refractivity contribution < 1.29 is 0 Å². The molecular formula is C17H26N2S. The van der Waals surface area contributed by atoms with E-state index in [1.165, 1.54) is 66.9 Å². The zero-order chi connectivity index (χ0) is 13.5. The van der Waals surface area contributed by atoms with Gasteiger partial charge in [0.25, 0.3) is 0 Å². The van der Waals surface area contributed by atoms with E-state index in [0.717, 1.165) is 30.3 Å². The summed E-state index contributed by atoms with van der Waals surface area (Å²) in [6.45, 7) is 3.34. The van der Waals surface area contributed by atoms with Crippen LogP contribution >= 0.6 is 11.3 Å². The molecule has 110 valence electrons. The van der Waals surface area contributed by atoms with Gasteiger partial charge in [-0.3, -0.25) is 0 Å². The Kier molecular flexibility index (Phi) is 3.59. The van der Waals surface area contributed by atoms with Crippen LogP contribution in [0.25, 0.3) is 0 Å². The smallest absolute Gasteiger partial charge is 0.0965 e. The first-order chi connectivity index (χ1) is 9.83. The Morgan fingerprint density at radius 2 is 2.10 bits per heavy atom. The maximum atomic E-state index is 5.08. The zero-order valence-corrected chi connectivity index (χ0v) is 13.3. The molecule has 1 N–H and O–H groups in total. The van der Waals surface area contributed by atoms with Crippen molar-refractivity contribution in [3.63, 3.8) is 0 Å². The van der Waals surface area contributed by atoms with E-state index >= 15 is 0 Å². The predicted octanol–water partition coefficient (Wildman–Crippen LogP) is 4.25. The second-order valence-corrected chi connectivity index (χ2v) is 8.22. The Balaban J connectivity index is 1.51. The number of hydrogen-bond acceptors (Lipinski definition) is 3. The van der Waals surface area contributed by atoms with Gasteiger partial charge in [-0.05, 0) is 50.4 Å². The molecule has 3 aliphatic rings. The monoisotopic (exact) mass is 290 g/mol. The lowest BCUT2D eigenvalue weighted by atomic mass is 9.89. The van der Waals surface area contributed by atoms with Crippen LogP contribution in [-0.4, -0.2) is 11.0 Å². The summed E-state index contributed by atoms with van der Waals surface area (Å²) in [7, 11) is 0. The summed E-state index contributed by atoms with van der Waals surface area (Å²) in [6, 6.07) is 0.803. The Morgan fingerprint density at radius 1 is 1.20 bits per heavy atom. The Bertz CT molecular complexity index is 477. The first-order valence-electron chi connectivity index (χ1n) is 8.55. The standard InChI is InChI=1S/C17H26N2S/c1-2-3-15-16(10-18-13-6-7-13)20-17(19-15)14-9-11-4-5-12(14)8-11/h11-14,18H,2-10H2,1H3. The Morgan fingerprint density at radius 3 is 2.75 bits per heavy atom. The van der Waals surface area contributed by atoms with Crippen molar-refractivity contribution in [3.8, 4) is 0 Å². The highest BCUT2D eigenvalue weighted by Gasteiger charge is 2.41. The summed E-state index contributed by atoms with van der Waals surface area (Å²) < 4.78 is 0. The van der Waals surface area contributed by atoms with Gasteiger partial charge in [-0.2, -0.15) is 0 Å². The highest BCUT2D eigenvalue weighted by molar-refractivity contribution is 7.11. The molecule has 0 aliphatic heterocycles. The largest absolute Gasteiger partial charge is 0.309 e. The average molecular weight is 290 g/mol. The molecule has 20 heavy (non-hydrogen) atoms. The van der Waals surface area contributed by atoms with Crippen molar-refractivity contribution in [2.75, 3.05) is 0 Å². The van der Waals surface area contributed by atoms with Crippen molar-refractivity contribution in [1.82, 2.24) is 10.3 Å². The van der Waals surface area contributed by atoms with Gasteiger partial charge in [0.05, 0.1) is 10.7 Å². The minimum absolute atomic E-state index is 0.803. The molecule has 1 heterocycles. The molecule has 3 fully saturated rings. The van der Waals surface area contributed by atoms with Gasteiger partial charge in [-0.15, -0.1) is 11.3 Å². The van der Waals surface area contributed by atoms with Crippen LogP contribution in [-0.2, 0) is 13.0 Å². The van der Waals surface area contributed by atoms with Crippen LogP contribution < -0.4 is 5.32 Å². The molecule has 2 bridgehead atoms. The van der Waals surface area contributed by atoms with Gasteiger partial charge in [0.15, 0.2) is 0 Å². The van der Waals surface area contributed by atoms with E-state index in [0.29, 0.717) is 0 Å². The van der Waals surface area contributed by atoms with E-state index in [2.05, 4.69) is 12.2 Å². The van der Waals surface area contributed by atoms with Gasteiger partial charge >= 0.3 is 0 Å². The van der Waals surface area contributed by atoms with Crippen molar-refractivity contribution in [2.45, 2.75) is 76.8 Å². The molecule has 3 aliphatic carbocycles. The minimum atomic E-state index is 0.803. The summed E-state index contributed by atoms with van der Waals surface area (Å²) in [5.74, 6) is 2.80. The third-order valence-electron chi connectivity index (χ3n) is 5.47. The van der Waals surface area contributed by atoms with Crippen molar-refractivity contribution in [1.29, 1.82) is 0 Å². The molecule has 4 rings (SSSR count). The number of nitrogens with one attached hydrogen (secondary N) is 1. The fourth-order valence-corrected chi connectivity index (χ4v) is 5.47. The zero-order valence-electron chi connectivity index (χ0n) is 12.5. The van der Waals surface area contributed by atoms with Crippen LogP contribution in [0, 0.1) is 11.8 Å². The van der Waals surface area contributed by atoms with E-state index in [1.807, 2.05) is 11.3 Å². The molecule has 0 spiro atoms. The van der Waals surface area contributed by atoms with Crippen LogP contribution in [0.1, 0.15) is 73.4 Å². The van der Waals surface area contributed by atoms with Gasteiger partial charge < -0.3 is 5.32 Å². The number of aromatic nitrogens is 1. The first-order valence-corrected chi connectivity index (χ1v) is 9.37. The van der Waals surface area contributed by atoms with E-state index in [4.69, 9.17) is 4.98 Å². The van der Waals surface area contributed by atoms with Crippen LogP contribution in [0.3, 0.4) is 0 Å². The number of rotatable bonds is 6. The lowest BCUT2D eigenvalue weighted by molar-refractivity contribution is 0.418. The van der Waals surface area contributed by atoms with Crippen molar-refractivity contribution in [2.24, 2.45) is 11.8 Å². The van der Waals surface area contributed by atoms with Gasteiger partial charge in [0.1, 0.15) is 0 Å². The van der Waals surface area contributed by atoms with Crippen LogP contribution in [0.15, 0.2) is 0 Å². The quantitative estimate of drug-likeness (QED) is 0.847. The van der Waals surface area contributed by atoms with E-state index in [9.17, 15) is 0 Å². The minimum Gasteiger partial charge on any atom is -0.309 e. The molecule has 3 unspecified atom stereocenters. The van der Waals surface area contributed by atoms with Gasteiger partial charge in [-0.25, -0.2) is 4.98 Å². The lowest BCUT2D eigenvalue weighted by Crippen LogP contribution is -2.15. The molecule has 3 saturated carbocycles. The van der Waals surface area contributed by atoms with E-state index < -0.39 is 0 Å². The molecule has 1 aromatic heterocycles. The Hall–Kier alpha value is -0.410. The molecule has 0 saturated heterocycles. The van der Waals surface area contributed by atoms with E-state index in [1.54, 1.807) is 0 Å². The van der Waals surface area contributed by atoms with E-state index in [-0.39, 0.29) is 0 Å². The third kappa shape index (κ3) is 2.55. The molecular weight excluding hydrogens is 264 g/mol. The first kappa shape index (κ1) is 13.3. The maximum Gasteiger partial charge on any atom is 0.0965 e. The molecule has 3 heteroatoms. The second kappa shape index (κ2) is 5.42. The lowest BCUT2D eigenvalue weighted by Gasteiger charge is -2.18. The second-order valence-electron chi connectivity index (χ2n) is 7.11. The number of aryl methyl sites for hydroxylation is 1. The van der Waals surface area contributed by atoms with Gasteiger partial charge in [-0.1, -0.05) is 19.8 Å². The number of nitrogens with zero attached hydrogens (tertiary/aromatic N) is 1. The molecule has 3 atom stereocenters. The maximum absolute atomic E-state index is 5.08. The van der Waals surface area contributed by atoms with Crippen LogP contribution in [0.2, 0.25) is 0 Å². The van der Waals surface area contributed by atoms with Crippen LogP contribution in [0.4, 0.5) is 0 Å². The normalized spacial score (nSPS) is 32.1. The summed E-state index contributed by atoms with van der Waals surface area (Å²) in [5, 5.41) is 5.16. The summed E-state index contributed by atoms with van der Waals surface area (Å²) in [6.07, 6.45) is 11.0. The third-order valence-corrected chi connectivity index (χ3v) is 6.70. The highest BCUT2D eigenvalue weighted by atomic mass is 32.1. The highest BCUT2D eigenvalue weighted by Crippen LogP contribution is 2.53. The van der Waals surface area contributed by atoms with Crippen molar-refractivity contribution >= 4 is 11.3 Å². The predicted molar refractivity (Wildman–Crippen MR) is 84.2 cm³/mol. The van der Waals surface area contributed by atoms with Crippen LogP contribution in [0.5, 0.6) is 0 Å². The Labute approximate surface area is 126 Å². The molecule has 0 aromatic carbocycles. The summed E-state index contributed by atoms with van der Waals surface area (Å²) >= 11 is 2.03. The summed E-state index contributed by atoms with van der Waals surface area (Å²) in [5.41, 5.74) is 1.41. The summed E-state index contributed by atoms with van der Waals surface area (Å²) in [4.78, 5) is 6.62. The topological polar surface area (TPSA) is 24.9 Å². The SMILES string of the molecule is CCCc1nc(C2CC3CCC2C3)sc1CNC1CC1. The van der Waals surface area contributed by atoms with Crippen molar-refractivity contribution in [3.05, 3.63) is 15.6 Å². The molecule has 2 nitrogen and oxygen atoms in total. The molecule has 1 aromatic rings. The number of fused-ring (bicyclic) bond motifs is 2. The number of hydrogen-bond donors (Lipinski definition) is 1. The molecule has 0 amide bonds. The average Bonchev–Trinajstić information content (AvgIpc) is 2.88. The molecule has 0 radical (unpaired) electrons. The fraction of sp³-hybridized carbons (Fsp3) is 0.824. The number of thiazole rings is 1. The van der Waals surface area contributed by atoms with Gasteiger partial charge in [0, 0.05) is 23.4 Å². The fourth-order valence-electron chi connectivity index (χ4n) is 4.20.